The Morgan fingerprint density at radius 3 is 2.29 bits per heavy atom. The molecule has 1 aromatic heterocycles. The molecule has 0 spiro atoms. The second-order valence-corrected chi connectivity index (χ2v) is 12.0. The quantitative estimate of drug-likeness (QED) is 0.0551. The first kappa shape index (κ1) is 36.6. The van der Waals surface area contributed by atoms with Crippen LogP contribution in [0.1, 0.15) is 51.8 Å². The second kappa shape index (κ2) is 17.7. The van der Waals surface area contributed by atoms with E-state index in [1.165, 1.54) is 18.3 Å². The minimum Gasteiger partial charge on any atom is -0.445 e. The summed E-state index contributed by atoms with van der Waals surface area (Å²) >= 11 is 1.29. The van der Waals surface area contributed by atoms with Crippen LogP contribution in [0.2, 0.25) is 0 Å². The molecule has 0 aliphatic heterocycles. The van der Waals surface area contributed by atoms with E-state index in [-0.39, 0.29) is 38.4 Å². The van der Waals surface area contributed by atoms with Gasteiger partial charge in [-0.2, -0.15) is 0 Å². The third kappa shape index (κ3) is 13.7. The van der Waals surface area contributed by atoms with Crippen LogP contribution in [0.3, 0.4) is 0 Å². The van der Waals surface area contributed by atoms with Gasteiger partial charge in [-0.15, -0.1) is 11.3 Å². The number of guanidine groups is 1. The van der Waals surface area contributed by atoms with E-state index in [0.717, 1.165) is 5.56 Å². The van der Waals surface area contributed by atoms with Crippen molar-refractivity contribution in [2.75, 3.05) is 6.54 Å². The molecule has 45 heavy (non-hydrogen) atoms. The van der Waals surface area contributed by atoms with Crippen LogP contribution in [-0.4, -0.2) is 82.0 Å². The number of benzene rings is 1. The highest BCUT2D eigenvalue weighted by molar-refractivity contribution is 7.07. The van der Waals surface area contributed by atoms with E-state index in [4.69, 9.17) is 16.2 Å². The van der Waals surface area contributed by atoms with Crippen molar-refractivity contribution in [3.05, 3.63) is 52.5 Å². The van der Waals surface area contributed by atoms with Crippen molar-refractivity contribution < 1.29 is 33.8 Å². The molecule has 246 valence electrons. The molecule has 0 bridgehead atoms. The van der Waals surface area contributed by atoms with E-state index < -0.39 is 59.4 Å². The summed E-state index contributed by atoms with van der Waals surface area (Å²) in [4.78, 5) is 73.0. The van der Waals surface area contributed by atoms with E-state index in [1.807, 2.05) is 6.07 Å². The van der Waals surface area contributed by atoms with Crippen LogP contribution in [0.15, 0.2) is 46.2 Å². The van der Waals surface area contributed by atoms with Crippen LogP contribution in [0.5, 0.6) is 0 Å². The number of ether oxygens (including phenoxy) is 1. The maximum Gasteiger partial charge on any atom is 0.408 e. The number of aliphatic hydroxyl groups is 1. The van der Waals surface area contributed by atoms with Crippen LogP contribution in [-0.2, 0) is 36.9 Å². The Morgan fingerprint density at radius 2 is 1.71 bits per heavy atom. The fourth-order valence-electron chi connectivity index (χ4n) is 3.92. The zero-order chi connectivity index (χ0) is 33.6. The summed E-state index contributed by atoms with van der Waals surface area (Å²) in [5, 5.41) is 22.1. The van der Waals surface area contributed by atoms with Crippen molar-refractivity contribution in [3.63, 3.8) is 0 Å². The number of amides is 4. The van der Waals surface area contributed by atoms with Gasteiger partial charge in [0.2, 0.25) is 17.6 Å². The monoisotopic (exact) mass is 646 g/mol. The van der Waals surface area contributed by atoms with Crippen molar-refractivity contribution in [2.45, 2.75) is 83.3 Å². The van der Waals surface area contributed by atoms with Gasteiger partial charge in [0.15, 0.2) is 5.96 Å². The molecule has 0 saturated carbocycles. The van der Waals surface area contributed by atoms with Crippen LogP contribution in [0.25, 0.3) is 0 Å². The Balaban J connectivity index is 2.18. The minimum absolute atomic E-state index is 0.0132. The average Bonchev–Trinajstić information content (AvgIpc) is 3.48. The average molecular weight is 647 g/mol. The van der Waals surface area contributed by atoms with Crippen molar-refractivity contribution in [3.8, 4) is 0 Å². The van der Waals surface area contributed by atoms with Gasteiger partial charge in [-0.1, -0.05) is 30.3 Å². The van der Waals surface area contributed by atoms with Crippen LogP contribution in [0.4, 0.5) is 4.79 Å². The summed E-state index contributed by atoms with van der Waals surface area (Å²) in [5.41, 5.74) is 12.8. The predicted octanol–water partition coefficient (Wildman–Crippen LogP) is -0.132. The first-order valence-corrected chi connectivity index (χ1v) is 15.2. The van der Waals surface area contributed by atoms with E-state index in [9.17, 15) is 29.1 Å². The molecule has 0 aliphatic rings. The number of aromatic nitrogens is 1. The van der Waals surface area contributed by atoms with Gasteiger partial charge in [0.25, 0.3) is 5.91 Å². The zero-order valence-corrected chi connectivity index (χ0v) is 26.6. The van der Waals surface area contributed by atoms with Crippen molar-refractivity contribution in [1.82, 2.24) is 26.3 Å². The highest BCUT2D eigenvalue weighted by Crippen LogP contribution is 2.09. The highest BCUT2D eigenvalue weighted by Gasteiger charge is 2.34. The number of ketones is 1. The molecule has 1 heterocycles. The molecular formula is C29H42N8O7S. The molecule has 1 aromatic carbocycles. The third-order valence-corrected chi connectivity index (χ3v) is 6.71. The SMILES string of the molecule is C[C@H](O)[C@H](NC(=O)[C@H](Cc1cscn1)NC(=O)OCc1ccccc1)C(=O)N[C@@H](CCCN=C(N)N)C(=O)C(=O)NC(C)(C)C. The van der Waals surface area contributed by atoms with Gasteiger partial charge in [-0.05, 0) is 46.1 Å². The first-order valence-electron chi connectivity index (χ1n) is 14.2. The number of nitrogens with zero attached hydrogens (tertiary/aromatic N) is 2. The van der Waals surface area contributed by atoms with Gasteiger partial charge in [0.05, 0.1) is 23.4 Å². The number of rotatable bonds is 16. The van der Waals surface area contributed by atoms with Gasteiger partial charge in [0, 0.05) is 23.9 Å². The summed E-state index contributed by atoms with van der Waals surface area (Å²) < 4.78 is 5.25. The maximum atomic E-state index is 13.4. The molecule has 16 heteroatoms. The lowest BCUT2D eigenvalue weighted by Gasteiger charge is -2.27. The molecule has 4 amide bonds. The number of hydrogen-bond donors (Lipinski definition) is 7. The zero-order valence-electron chi connectivity index (χ0n) is 25.7. The molecule has 15 nitrogen and oxygen atoms in total. The summed E-state index contributed by atoms with van der Waals surface area (Å²) in [6.07, 6.45) is -2.14. The van der Waals surface area contributed by atoms with Crippen molar-refractivity contribution >= 4 is 46.9 Å². The van der Waals surface area contributed by atoms with Crippen molar-refractivity contribution in [2.24, 2.45) is 16.5 Å². The molecular weight excluding hydrogens is 604 g/mol. The molecule has 4 atom stereocenters. The molecule has 0 aliphatic carbocycles. The fraction of sp³-hybridized carbons (Fsp3) is 0.483. The van der Waals surface area contributed by atoms with E-state index in [2.05, 4.69) is 31.2 Å². The lowest BCUT2D eigenvalue weighted by Crippen LogP contribution is -2.60. The molecule has 0 radical (unpaired) electrons. The Hall–Kier alpha value is -4.57. The first-order chi connectivity index (χ1) is 21.2. The molecule has 2 rings (SSSR count). The number of carbonyl (C=O) groups excluding carboxylic acids is 5. The number of nitrogens with one attached hydrogen (secondary N) is 4. The number of carbonyl (C=O) groups is 5. The van der Waals surface area contributed by atoms with Gasteiger partial charge >= 0.3 is 6.09 Å². The van der Waals surface area contributed by atoms with Gasteiger partial charge in [-0.25, -0.2) is 9.78 Å². The van der Waals surface area contributed by atoms with Gasteiger partial charge < -0.3 is 42.6 Å². The van der Waals surface area contributed by atoms with E-state index in [1.54, 1.807) is 55.9 Å². The maximum absolute atomic E-state index is 13.4. The number of nitrogens with two attached hydrogens (primary N) is 2. The highest BCUT2D eigenvalue weighted by atomic mass is 32.1. The Bertz CT molecular complexity index is 1310. The number of thiazole rings is 1. The van der Waals surface area contributed by atoms with Crippen LogP contribution >= 0.6 is 11.3 Å². The Kier molecular flexibility index (Phi) is 14.4. The smallest absolute Gasteiger partial charge is 0.408 e. The molecule has 0 fully saturated rings. The Labute approximate surface area is 265 Å². The van der Waals surface area contributed by atoms with Gasteiger partial charge in [-0.3, -0.25) is 24.2 Å². The number of Topliss-reactive ketones (excluding diaryl/α,β-unsaturated/α-hetero) is 1. The third-order valence-electron chi connectivity index (χ3n) is 6.07. The second-order valence-electron chi connectivity index (χ2n) is 11.2. The summed E-state index contributed by atoms with van der Waals surface area (Å²) in [6.45, 7) is 6.43. The minimum atomic E-state index is -1.56. The van der Waals surface area contributed by atoms with Crippen LogP contribution < -0.4 is 32.7 Å². The van der Waals surface area contributed by atoms with Crippen molar-refractivity contribution in [1.29, 1.82) is 0 Å². The summed E-state index contributed by atoms with van der Waals surface area (Å²) in [7, 11) is 0. The van der Waals surface area contributed by atoms with E-state index >= 15 is 0 Å². The topological polar surface area (TPSA) is 240 Å². The number of aliphatic hydroxyl groups excluding tert-OH is 1. The number of aliphatic imine (C=N–C) groups is 1. The van der Waals surface area contributed by atoms with E-state index in [0.29, 0.717) is 5.69 Å². The lowest BCUT2D eigenvalue weighted by atomic mass is 10.0. The number of hydrogen-bond acceptors (Lipinski definition) is 10. The molecule has 2 aromatic rings. The molecule has 9 N–H and O–H groups in total. The lowest BCUT2D eigenvalue weighted by molar-refractivity contribution is -0.141. The predicted molar refractivity (Wildman–Crippen MR) is 168 cm³/mol. The summed E-state index contributed by atoms with van der Waals surface area (Å²) in [6, 6.07) is 4.82. The Morgan fingerprint density at radius 1 is 1.02 bits per heavy atom. The fourth-order valence-corrected chi connectivity index (χ4v) is 4.49. The molecule has 0 unspecified atom stereocenters. The van der Waals surface area contributed by atoms with Gasteiger partial charge in [0.1, 0.15) is 18.7 Å². The number of alkyl carbamates (subject to hydrolysis) is 1. The molecule has 0 saturated heterocycles. The van der Waals surface area contributed by atoms with Crippen LogP contribution in [0, 0.1) is 0 Å². The largest absolute Gasteiger partial charge is 0.445 e. The summed E-state index contributed by atoms with van der Waals surface area (Å²) in [5.74, 6) is -3.76. The normalized spacial score (nSPS) is 13.7. The standard InChI is InChI=1S/C29H42N8O7S/c1-17(38)22(25(41)34-20(11-8-12-32-27(30)31)23(39)26(42)37-29(2,3)4)36-24(40)21(13-19-15-45-16-33-19)35-28(43)44-14-18-9-6-5-7-10-18/h5-7,9-10,15-17,20-22,38H,8,11-14H2,1-4H3,(H,34,41)(H,35,43)(H,36,40)(H,37,42)(H4,30,31,32)/t17-,20-,21-,22-/m0/s1.